The molecule has 5 nitrogen and oxygen atoms in total. The minimum absolute atomic E-state index is 0.329. The van der Waals surface area contributed by atoms with Crippen molar-refractivity contribution in [1.29, 1.82) is 0 Å². The number of nitrogens with one attached hydrogen (secondary N) is 1. The van der Waals surface area contributed by atoms with Gasteiger partial charge in [-0.1, -0.05) is 11.6 Å². The first kappa shape index (κ1) is 12.1. The van der Waals surface area contributed by atoms with Gasteiger partial charge in [-0.05, 0) is 18.2 Å². The van der Waals surface area contributed by atoms with Gasteiger partial charge in [0, 0.05) is 14.1 Å². The fourth-order valence-corrected chi connectivity index (χ4v) is 1.57. The molecule has 7 heteroatoms. The molecular formula is C8H12ClN3O2S. The summed E-state index contributed by atoms with van der Waals surface area (Å²) in [4.78, 5) is 0. The summed E-state index contributed by atoms with van der Waals surface area (Å²) in [5.74, 6) is 0. The smallest absolute Gasteiger partial charge is 0.301 e. The molecule has 0 radical (unpaired) electrons. The number of anilines is 2. The van der Waals surface area contributed by atoms with E-state index >= 15 is 0 Å². The zero-order valence-corrected chi connectivity index (χ0v) is 9.93. The second-order valence-corrected chi connectivity index (χ2v) is 5.42. The van der Waals surface area contributed by atoms with Crippen LogP contribution < -0.4 is 10.5 Å². The zero-order chi connectivity index (χ0) is 11.6. The molecule has 84 valence electrons. The van der Waals surface area contributed by atoms with Gasteiger partial charge in [-0.2, -0.15) is 12.7 Å². The van der Waals surface area contributed by atoms with Crippen LogP contribution in [0.2, 0.25) is 5.02 Å². The van der Waals surface area contributed by atoms with Gasteiger partial charge in [0.15, 0.2) is 0 Å². The number of rotatable bonds is 3. The van der Waals surface area contributed by atoms with Crippen molar-refractivity contribution in [3.8, 4) is 0 Å². The molecule has 0 unspecified atom stereocenters. The maximum absolute atomic E-state index is 11.4. The van der Waals surface area contributed by atoms with Crippen LogP contribution in [0.15, 0.2) is 18.2 Å². The summed E-state index contributed by atoms with van der Waals surface area (Å²) < 4.78 is 26.3. The van der Waals surface area contributed by atoms with Crippen molar-refractivity contribution in [2.75, 3.05) is 24.6 Å². The van der Waals surface area contributed by atoms with Crippen LogP contribution in [0.1, 0.15) is 0 Å². The fourth-order valence-electron chi connectivity index (χ4n) is 0.847. The van der Waals surface area contributed by atoms with Crippen molar-refractivity contribution in [2.24, 2.45) is 0 Å². The van der Waals surface area contributed by atoms with Crippen molar-refractivity contribution < 1.29 is 8.42 Å². The van der Waals surface area contributed by atoms with Crippen molar-refractivity contribution in [3.63, 3.8) is 0 Å². The van der Waals surface area contributed by atoms with Crippen LogP contribution in [0.4, 0.5) is 11.4 Å². The van der Waals surface area contributed by atoms with Crippen LogP contribution in [0, 0.1) is 0 Å². The Labute approximate surface area is 94.0 Å². The van der Waals surface area contributed by atoms with E-state index in [0.29, 0.717) is 16.4 Å². The molecule has 0 spiro atoms. The van der Waals surface area contributed by atoms with Gasteiger partial charge in [0.05, 0.1) is 16.4 Å². The van der Waals surface area contributed by atoms with E-state index in [4.69, 9.17) is 17.3 Å². The molecule has 0 heterocycles. The Bertz CT molecular complexity index is 459. The van der Waals surface area contributed by atoms with Gasteiger partial charge in [-0.3, -0.25) is 4.72 Å². The minimum Gasteiger partial charge on any atom is -0.397 e. The highest BCUT2D eigenvalue weighted by Crippen LogP contribution is 2.23. The highest BCUT2D eigenvalue weighted by atomic mass is 35.5. The van der Waals surface area contributed by atoms with E-state index in [9.17, 15) is 8.42 Å². The monoisotopic (exact) mass is 249 g/mol. The topological polar surface area (TPSA) is 75.4 Å². The Balaban J connectivity index is 2.96. The predicted octanol–water partition coefficient (Wildman–Crippen LogP) is 1.14. The largest absolute Gasteiger partial charge is 0.397 e. The molecule has 0 saturated heterocycles. The first-order valence-electron chi connectivity index (χ1n) is 4.08. The zero-order valence-electron chi connectivity index (χ0n) is 8.36. The SMILES string of the molecule is CN(C)S(=O)(=O)Nc1ccc(Cl)c(N)c1. The summed E-state index contributed by atoms with van der Waals surface area (Å²) in [6.07, 6.45) is 0. The van der Waals surface area contributed by atoms with Crippen LogP contribution in [0.3, 0.4) is 0 Å². The molecule has 0 bridgehead atoms. The molecule has 0 saturated carbocycles. The average Bonchev–Trinajstić information content (AvgIpc) is 2.10. The first-order chi connectivity index (χ1) is 6.83. The third-order valence-corrected chi connectivity index (χ3v) is 3.52. The maximum atomic E-state index is 11.4. The number of nitrogens with zero attached hydrogens (tertiary/aromatic N) is 1. The average molecular weight is 250 g/mol. The second kappa shape index (κ2) is 4.26. The van der Waals surface area contributed by atoms with Crippen molar-refractivity contribution in [2.45, 2.75) is 0 Å². The first-order valence-corrected chi connectivity index (χ1v) is 5.90. The predicted molar refractivity (Wildman–Crippen MR) is 62.1 cm³/mol. The third kappa shape index (κ3) is 2.98. The molecule has 15 heavy (non-hydrogen) atoms. The van der Waals surface area contributed by atoms with Crippen LogP contribution in [-0.2, 0) is 10.2 Å². The number of hydrogen-bond acceptors (Lipinski definition) is 3. The summed E-state index contributed by atoms with van der Waals surface area (Å²) in [6.45, 7) is 0. The Hall–Kier alpha value is -0.980. The van der Waals surface area contributed by atoms with Gasteiger partial charge in [0.2, 0.25) is 0 Å². The summed E-state index contributed by atoms with van der Waals surface area (Å²) >= 11 is 5.70. The molecule has 0 aliphatic heterocycles. The molecule has 0 aromatic heterocycles. The lowest BCUT2D eigenvalue weighted by Crippen LogP contribution is -2.28. The molecule has 0 fully saturated rings. The quantitative estimate of drug-likeness (QED) is 0.789. The normalized spacial score (nSPS) is 11.7. The molecular weight excluding hydrogens is 238 g/mol. The third-order valence-electron chi connectivity index (χ3n) is 1.72. The number of nitrogen functional groups attached to an aromatic ring is 1. The Morgan fingerprint density at radius 1 is 1.40 bits per heavy atom. The van der Waals surface area contributed by atoms with Crippen LogP contribution >= 0.6 is 11.6 Å². The lowest BCUT2D eigenvalue weighted by molar-refractivity contribution is 0.527. The van der Waals surface area contributed by atoms with E-state index in [2.05, 4.69) is 4.72 Å². The molecule has 0 atom stereocenters. The van der Waals surface area contributed by atoms with Crippen LogP contribution in [0.5, 0.6) is 0 Å². The standard InChI is InChI=1S/C8H12ClN3O2S/c1-12(2)15(13,14)11-6-3-4-7(9)8(10)5-6/h3-5,11H,10H2,1-2H3. The lowest BCUT2D eigenvalue weighted by Gasteiger charge is -2.13. The van der Waals surface area contributed by atoms with Gasteiger partial charge >= 0.3 is 10.2 Å². The summed E-state index contributed by atoms with van der Waals surface area (Å²) in [5, 5.41) is 0.391. The highest BCUT2D eigenvalue weighted by molar-refractivity contribution is 7.90. The molecule has 0 aliphatic carbocycles. The fraction of sp³-hybridized carbons (Fsp3) is 0.250. The van der Waals surface area contributed by atoms with Gasteiger partial charge in [0.25, 0.3) is 0 Å². The maximum Gasteiger partial charge on any atom is 0.301 e. The number of halogens is 1. The van der Waals surface area contributed by atoms with Crippen molar-refractivity contribution in [3.05, 3.63) is 23.2 Å². The molecule has 0 amide bonds. The highest BCUT2D eigenvalue weighted by Gasteiger charge is 2.13. The Kier molecular flexibility index (Phi) is 3.43. The van der Waals surface area contributed by atoms with Gasteiger partial charge in [-0.15, -0.1) is 0 Å². The number of nitrogens with two attached hydrogens (primary N) is 1. The van der Waals surface area contributed by atoms with Gasteiger partial charge < -0.3 is 5.73 Å². The Morgan fingerprint density at radius 3 is 2.47 bits per heavy atom. The lowest BCUT2D eigenvalue weighted by atomic mass is 10.3. The van der Waals surface area contributed by atoms with E-state index in [1.165, 1.54) is 26.2 Å². The van der Waals surface area contributed by atoms with Crippen LogP contribution in [0.25, 0.3) is 0 Å². The summed E-state index contributed by atoms with van der Waals surface area (Å²) in [7, 11) is -0.632. The molecule has 1 rings (SSSR count). The van der Waals surface area contributed by atoms with E-state index in [1.807, 2.05) is 0 Å². The van der Waals surface area contributed by atoms with E-state index in [0.717, 1.165) is 4.31 Å². The summed E-state index contributed by atoms with van der Waals surface area (Å²) in [6, 6.07) is 4.54. The van der Waals surface area contributed by atoms with Crippen molar-refractivity contribution >= 4 is 33.2 Å². The van der Waals surface area contributed by atoms with Gasteiger partial charge in [0.1, 0.15) is 0 Å². The Morgan fingerprint density at radius 2 is 2.00 bits per heavy atom. The van der Waals surface area contributed by atoms with Crippen LogP contribution in [-0.4, -0.2) is 26.8 Å². The van der Waals surface area contributed by atoms with E-state index in [-0.39, 0.29) is 0 Å². The number of hydrogen-bond donors (Lipinski definition) is 2. The number of benzene rings is 1. The molecule has 1 aromatic carbocycles. The van der Waals surface area contributed by atoms with Crippen molar-refractivity contribution in [1.82, 2.24) is 4.31 Å². The molecule has 3 N–H and O–H groups in total. The van der Waals surface area contributed by atoms with E-state index in [1.54, 1.807) is 6.07 Å². The van der Waals surface area contributed by atoms with Gasteiger partial charge in [-0.25, -0.2) is 0 Å². The second-order valence-electron chi connectivity index (χ2n) is 3.13. The minimum atomic E-state index is -3.50. The summed E-state index contributed by atoms with van der Waals surface area (Å²) in [5.41, 5.74) is 6.24. The molecule has 1 aromatic rings. The molecule has 0 aliphatic rings. The van der Waals surface area contributed by atoms with E-state index < -0.39 is 10.2 Å².